The monoisotopic (exact) mass is 357 g/mol. The molecule has 0 aliphatic heterocycles. The van der Waals surface area contributed by atoms with Crippen molar-refractivity contribution >= 4 is 34.6 Å². The van der Waals surface area contributed by atoms with E-state index in [1.54, 1.807) is 35.6 Å². The van der Waals surface area contributed by atoms with Gasteiger partial charge in [-0.05, 0) is 35.7 Å². The highest BCUT2D eigenvalue weighted by Gasteiger charge is 2.11. The molecule has 4 N–H and O–H groups in total. The molecule has 0 aliphatic carbocycles. The Bertz CT molecular complexity index is 858. The molecule has 0 fully saturated rings. The van der Waals surface area contributed by atoms with Crippen molar-refractivity contribution in [2.24, 2.45) is 5.73 Å². The molecule has 25 heavy (non-hydrogen) atoms. The van der Waals surface area contributed by atoms with E-state index in [0.29, 0.717) is 29.5 Å². The van der Waals surface area contributed by atoms with E-state index in [4.69, 9.17) is 10.3 Å². The molecule has 3 rings (SSSR count). The first kappa shape index (κ1) is 16.7. The Hall–Kier alpha value is -3.20. The molecule has 3 amide bonds. The van der Waals surface area contributed by atoms with Crippen LogP contribution in [-0.4, -0.2) is 22.1 Å². The molecule has 0 saturated heterocycles. The zero-order chi connectivity index (χ0) is 17.6. The second kappa shape index (κ2) is 7.58. The summed E-state index contributed by atoms with van der Waals surface area (Å²) in [5.41, 5.74) is 7.10. The summed E-state index contributed by atoms with van der Waals surface area (Å²) in [6, 6.07) is 7.90. The van der Waals surface area contributed by atoms with Gasteiger partial charge in [-0.1, -0.05) is 5.16 Å². The largest absolute Gasteiger partial charge is 0.351 e. The second-order valence-corrected chi connectivity index (χ2v) is 5.92. The zero-order valence-electron chi connectivity index (χ0n) is 13.1. The fourth-order valence-corrected chi connectivity index (χ4v) is 2.72. The van der Waals surface area contributed by atoms with Crippen molar-refractivity contribution in [3.8, 4) is 11.4 Å². The first-order valence-electron chi connectivity index (χ1n) is 7.42. The highest BCUT2D eigenvalue weighted by Crippen LogP contribution is 2.19. The lowest BCUT2D eigenvalue weighted by Crippen LogP contribution is -2.19. The molecule has 0 spiro atoms. The smallest absolute Gasteiger partial charge is 0.316 e. The number of benzene rings is 1. The number of amides is 3. The van der Waals surface area contributed by atoms with Crippen LogP contribution in [-0.2, 0) is 11.2 Å². The SMILES string of the molecule is NC(=O)Nc1ccc(NC(=O)CCc2nc(-c3ccsc3)no2)cc1. The van der Waals surface area contributed by atoms with Gasteiger partial charge >= 0.3 is 6.03 Å². The lowest BCUT2D eigenvalue weighted by atomic mass is 10.2. The van der Waals surface area contributed by atoms with E-state index in [2.05, 4.69) is 20.8 Å². The number of carbonyl (C=O) groups excluding carboxylic acids is 2. The summed E-state index contributed by atoms with van der Waals surface area (Å²) in [6.45, 7) is 0. The van der Waals surface area contributed by atoms with E-state index in [1.807, 2.05) is 16.8 Å². The molecule has 1 aromatic carbocycles. The number of aromatic nitrogens is 2. The van der Waals surface area contributed by atoms with Crippen molar-refractivity contribution < 1.29 is 14.1 Å². The van der Waals surface area contributed by atoms with Gasteiger partial charge in [0.15, 0.2) is 0 Å². The number of primary amides is 1. The van der Waals surface area contributed by atoms with Gasteiger partial charge in [0.1, 0.15) is 0 Å². The maximum atomic E-state index is 12.0. The number of nitrogens with one attached hydrogen (secondary N) is 2. The van der Waals surface area contributed by atoms with Crippen molar-refractivity contribution in [1.29, 1.82) is 0 Å². The number of rotatable bonds is 6. The van der Waals surface area contributed by atoms with Crippen LogP contribution in [0, 0.1) is 0 Å². The zero-order valence-corrected chi connectivity index (χ0v) is 13.9. The fourth-order valence-electron chi connectivity index (χ4n) is 2.09. The predicted octanol–water partition coefficient (Wildman–Crippen LogP) is 2.86. The third-order valence-electron chi connectivity index (χ3n) is 3.25. The first-order chi connectivity index (χ1) is 12.1. The second-order valence-electron chi connectivity index (χ2n) is 5.14. The van der Waals surface area contributed by atoms with E-state index in [0.717, 1.165) is 5.56 Å². The standard InChI is InChI=1S/C16H15N5O3S/c17-16(23)19-12-3-1-11(2-4-12)18-13(22)5-6-14-20-15(21-24-14)10-7-8-25-9-10/h1-4,7-9H,5-6H2,(H,18,22)(H3,17,19,23). The van der Waals surface area contributed by atoms with E-state index in [9.17, 15) is 9.59 Å². The number of carbonyl (C=O) groups is 2. The van der Waals surface area contributed by atoms with Crippen LogP contribution in [0.5, 0.6) is 0 Å². The molecule has 8 nitrogen and oxygen atoms in total. The lowest BCUT2D eigenvalue weighted by Gasteiger charge is -2.06. The van der Waals surface area contributed by atoms with Gasteiger partial charge in [0.25, 0.3) is 0 Å². The maximum absolute atomic E-state index is 12.0. The van der Waals surface area contributed by atoms with Crippen LogP contribution in [0.15, 0.2) is 45.6 Å². The van der Waals surface area contributed by atoms with Gasteiger partial charge in [-0.25, -0.2) is 4.79 Å². The van der Waals surface area contributed by atoms with Gasteiger partial charge in [0, 0.05) is 35.2 Å². The predicted molar refractivity (Wildman–Crippen MR) is 94.2 cm³/mol. The first-order valence-corrected chi connectivity index (χ1v) is 8.36. The maximum Gasteiger partial charge on any atom is 0.316 e. The van der Waals surface area contributed by atoms with Crippen LogP contribution < -0.4 is 16.4 Å². The average molecular weight is 357 g/mol. The summed E-state index contributed by atoms with van der Waals surface area (Å²) in [7, 11) is 0. The number of urea groups is 1. The molecular weight excluding hydrogens is 342 g/mol. The molecule has 128 valence electrons. The summed E-state index contributed by atoms with van der Waals surface area (Å²) in [5.74, 6) is 0.762. The summed E-state index contributed by atoms with van der Waals surface area (Å²) >= 11 is 1.55. The molecule has 0 atom stereocenters. The summed E-state index contributed by atoms with van der Waals surface area (Å²) < 4.78 is 5.15. The lowest BCUT2D eigenvalue weighted by molar-refractivity contribution is -0.116. The van der Waals surface area contributed by atoms with Gasteiger partial charge in [0.05, 0.1) is 0 Å². The number of hydrogen-bond donors (Lipinski definition) is 3. The van der Waals surface area contributed by atoms with Crippen LogP contribution in [0.3, 0.4) is 0 Å². The van der Waals surface area contributed by atoms with Crippen molar-refractivity contribution in [3.05, 3.63) is 47.0 Å². The fraction of sp³-hybridized carbons (Fsp3) is 0.125. The van der Waals surface area contributed by atoms with Gasteiger partial charge in [-0.3, -0.25) is 4.79 Å². The Labute approximate surface area is 147 Å². The molecular formula is C16H15N5O3S. The normalized spacial score (nSPS) is 10.4. The van der Waals surface area contributed by atoms with E-state index in [-0.39, 0.29) is 12.3 Å². The quantitative estimate of drug-likeness (QED) is 0.626. The number of hydrogen-bond acceptors (Lipinski definition) is 6. The highest BCUT2D eigenvalue weighted by molar-refractivity contribution is 7.08. The van der Waals surface area contributed by atoms with Gasteiger partial charge in [0.2, 0.25) is 17.6 Å². The van der Waals surface area contributed by atoms with Crippen LogP contribution in [0.2, 0.25) is 0 Å². The topological polar surface area (TPSA) is 123 Å². The van der Waals surface area contributed by atoms with Gasteiger partial charge in [-0.15, -0.1) is 0 Å². The summed E-state index contributed by atoms with van der Waals surface area (Å²) in [4.78, 5) is 27.0. The Balaban J connectivity index is 1.50. The van der Waals surface area contributed by atoms with Crippen molar-refractivity contribution in [2.75, 3.05) is 10.6 Å². The molecule has 0 radical (unpaired) electrons. The number of nitrogens with zero attached hydrogens (tertiary/aromatic N) is 2. The molecule has 9 heteroatoms. The Morgan fingerprint density at radius 1 is 1.12 bits per heavy atom. The number of anilines is 2. The Kier molecular flexibility index (Phi) is 5.05. The van der Waals surface area contributed by atoms with Crippen LogP contribution in [0.1, 0.15) is 12.3 Å². The van der Waals surface area contributed by atoms with Crippen molar-refractivity contribution in [2.45, 2.75) is 12.8 Å². The van der Waals surface area contributed by atoms with E-state index >= 15 is 0 Å². The summed E-state index contributed by atoms with van der Waals surface area (Å²) in [5, 5.41) is 13.0. The average Bonchev–Trinajstić information content (AvgIpc) is 3.25. The van der Waals surface area contributed by atoms with Crippen LogP contribution >= 0.6 is 11.3 Å². The van der Waals surface area contributed by atoms with Gasteiger partial charge in [-0.2, -0.15) is 16.3 Å². The third-order valence-corrected chi connectivity index (χ3v) is 3.93. The third kappa shape index (κ3) is 4.64. The molecule has 2 aromatic heterocycles. The van der Waals surface area contributed by atoms with Crippen molar-refractivity contribution in [1.82, 2.24) is 10.1 Å². The van der Waals surface area contributed by atoms with Crippen molar-refractivity contribution in [3.63, 3.8) is 0 Å². The van der Waals surface area contributed by atoms with E-state index in [1.165, 1.54) is 0 Å². The number of thiophene rings is 1. The minimum Gasteiger partial charge on any atom is -0.351 e. The molecule has 3 aromatic rings. The molecule has 2 heterocycles. The molecule has 0 bridgehead atoms. The molecule has 0 saturated carbocycles. The molecule has 0 aliphatic rings. The highest BCUT2D eigenvalue weighted by atomic mass is 32.1. The van der Waals surface area contributed by atoms with E-state index < -0.39 is 6.03 Å². The van der Waals surface area contributed by atoms with Crippen LogP contribution in [0.25, 0.3) is 11.4 Å². The van der Waals surface area contributed by atoms with Crippen LogP contribution in [0.4, 0.5) is 16.2 Å². The summed E-state index contributed by atoms with van der Waals surface area (Å²) in [6.07, 6.45) is 0.566. The van der Waals surface area contributed by atoms with Gasteiger partial charge < -0.3 is 20.9 Å². The number of nitrogens with two attached hydrogens (primary N) is 1. The Morgan fingerprint density at radius 3 is 2.48 bits per heavy atom. The Morgan fingerprint density at radius 2 is 1.84 bits per heavy atom. The molecule has 0 unspecified atom stereocenters. The minimum atomic E-state index is -0.641. The minimum absolute atomic E-state index is 0.175. The number of aryl methyl sites for hydroxylation is 1.